The lowest BCUT2D eigenvalue weighted by Gasteiger charge is -2.45. The second-order valence-corrected chi connectivity index (χ2v) is 5.02. The van der Waals surface area contributed by atoms with E-state index in [0.29, 0.717) is 0 Å². The summed E-state index contributed by atoms with van der Waals surface area (Å²) in [6, 6.07) is 0. The van der Waals surface area contributed by atoms with Crippen LogP contribution in [0.15, 0.2) is 0 Å². The van der Waals surface area contributed by atoms with E-state index in [4.69, 9.17) is 10.5 Å². The van der Waals surface area contributed by atoms with E-state index in [2.05, 4.69) is 11.8 Å². The minimum Gasteiger partial charge on any atom is -0.381 e. The maximum absolute atomic E-state index is 6.01. The summed E-state index contributed by atoms with van der Waals surface area (Å²) in [5.41, 5.74) is 6.26. The highest BCUT2D eigenvalue weighted by Gasteiger charge is 2.38. The van der Waals surface area contributed by atoms with Crippen LogP contribution in [0.4, 0.5) is 0 Å². The highest BCUT2D eigenvalue weighted by molar-refractivity contribution is 4.95. The van der Waals surface area contributed by atoms with Crippen molar-refractivity contribution in [3.8, 4) is 0 Å². The van der Waals surface area contributed by atoms with Gasteiger partial charge in [-0.15, -0.1) is 0 Å². The molecule has 1 aliphatic heterocycles. The predicted molar refractivity (Wildman–Crippen MR) is 61.8 cm³/mol. The van der Waals surface area contributed by atoms with Crippen molar-refractivity contribution >= 4 is 0 Å². The molecule has 2 fully saturated rings. The monoisotopic (exact) mass is 212 g/mol. The summed E-state index contributed by atoms with van der Waals surface area (Å²) in [5.74, 6) is 0.955. The Labute approximate surface area is 93.0 Å². The molecule has 15 heavy (non-hydrogen) atoms. The van der Waals surface area contributed by atoms with E-state index in [1.54, 1.807) is 0 Å². The number of likely N-dealkylation sites (N-methyl/N-ethyl adjacent to an activating group) is 1. The molecule has 0 aromatic heterocycles. The Morgan fingerprint density at radius 3 is 2.47 bits per heavy atom. The average molecular weight is 212 g/mol. The van der Waals surface area contributed by atoms with Crippen LogP contribution in [0.1, 0.15) is 32.6 Å². The molecular weight excluding hydrogens is 188 g/mol. The minimum atomic E-state index is 0.246. The highest BCUT2D eigenvalue weighted by Crippen LogP contribution is 2.34. The Morgan fingerprint density at radius 1 is 1.33 bits per heavy atom. The van der Waals surface area contributed by atoms with E-state index in [0.717, 1.165) is 45.1 Å². The molecule has 0 amide bonds. The molecule has 2 aliphatic rings. The molecule has 1 aliphatic carbocycles. The smallest absolute Gasteiger partial charge is 0.0484 e. The lowest BCUT2D eigenvalue weighted by molar-refractivity contribution is -0.0240. The van der Waals surface area contributed by atoms with Crippen LogP contribution in [0.3, 0.4) is 0 Å². The zero-order valence-corrected chi connectivity index (χ0v) is 9.87. The summed E-state index contributed by atoms with van der Waals surface area (Å²) in [5, 5.41) is 0. The van der Waals surface area contributed by atoms with E-state index in [9.17, 15) is 0 Å². The van der Waals surface area contributed by atoms with Crippen molar-refractivity contribution in [2.75, 3.05) is 32.8 Å². The zero-order chi connectivity index (χ0) is 10.7. The average Bonchev–Trinajstić information content (AvgIpc) is 3.10. The first kappa shape index (κ1) is 11.4. The largest absolute Gasteiger partial charge is 0.381 e. The van der Waals surface area contributed by atoms with Gasteiger partial charge in [0.15, 0.2) is 0 Å². The van der Waals surface area contributed by atoms with E-state index in [1.807, 2.05) is 0 Å². The maximum Gasteiger partial charge on any atom is 0.0484 e. The Bertz CT molecular complexity index is 198. The van der Waals surface area contributed by atoms with Crippen molar-refractivity contribution in [3.63, 3.8) is 0 Å². The number of ether oxygens (including phenoxy) is 1. The maximum atomic E-state index is 6.01. The van der Waals surface area contributed by atoms with Crippen molar-refractivity contribution in [2.24, 2.45) is 11.7 Å². The van der Waals surface area contributed by atoms with E-state index in [-0.39, 0.29) is 5.54 Å². The molecule has 3 nitrogen and oxygen atoms in total. The highest BCUT2D eigenvalue weighted by atomic mass is 16.5. The molecule has 0 unspecified atom stereocenters. The fourth-order valence-corrected chi connectivity index (χ4v) is 2.67. The summed E-state index contributed by atoms with van der Waals surface area (Å²) in [6.07, 6.45) is 5.08. The Hall–Kier alpha value is -0.120. The van der Waals surface area contributed by atoms with Crippen LogP contribution in [0.2, 0.25) is 0 Å². The summed E-state index contributed by atoms with van der Waals surface area (Å²) >= 11 is 0. The molecule has 88 valence electrons. The number of rotatable bonds is 5. The molecular formula is C12H24N2O. The first-order valence-corrected chi connectivity index (χ1v) is 6.33. The number of nitrogens with two attached hydrogens (primary N) is 1. The van der Waals surface area contributed by atoms with Gasteiger partial charge in [0.2, 0.25) is 0 Å². The Morgan fingerprint density at radius 2 is 2.00 bits per heavy atom. The van der Waals surface area contributed by atoms with Crippen LogP contribution < -0.4 is 5.73 Å². The van der Waals surface area contributed by atoms with E-state index >= 15 is 0 Å². The first-order chi connectivity index (χ1) is 7.30. The van der Waals surface area contributed by atoms with Crippen molar-refractivity contribution < 1.29 is 4.74 Å². The van der Waals surface area contributed by atoms with Crippen LogP contribution in [-0.4, -0.2) is 43.3 Å². The third kappa shape index (κ3) is 2.52. The van der Waals surface area contributed by atoms with Crippen molar-refractivity contribution in [2.45, 2.75) is 38.1 Å². The molecule has 3 heteroatoms. The second kappa shape index (κ2) is 4.81. The van der Waals surface area contributed by atoms with Crippen molar-refractivity contribution in [1.82, 2.24) is 4.90 Å². The Balaban J connectivity index is 1.99. The molecule has 0 spiro atoms. The molecule has 2 rings (SSSR count). The molecule has 0 atom stereocenters. The van der Waals surface area contributed by atoms with E-state index < -0.39 is 0 Å². The van der Waals surface area contributed by atoms with Gasteiger partial charge < -0.3 is 10.5 Å². The van der Waals surface area contributed by atoms with E-state index in [1.165, 1.54) is 19.4 Å². The van der Waals surface area contributed by atoms with Gasteiger partial charge in [0.25, 0.3) is 0 Å². The van der Waals surface area contributed by atoms with Gasteiger partial charge in [-0.05, 0) is 38.1 Å². The number of hydrogen-bond acceptors (Lipinski definition) is 3. The molecule has 1 saturated heterocycles. The summed E-state index contributed by atoms with van der Waals surface area (Å²) in [6.45, 7) is 7.21. The fraction of sp³-hybridized carbons (Fsp3) is 1.00. The standard InChI is InChI=1S/C12H24N2O/c1-2-14(9-11-3-4-11)12(10-13)5-7-15-8-6-12/h11H,2-10,13H2,1H3. The molecule has 0 aromatic rings. The molecule has 2 N–H and O–H groups in total. The third-order valence-electron chi connectivity index (χ3n) is 4.03. The number of hydrogen-bond donors (Lipinski definition) is 1. The van der Waals surface area contributed by atoms with Gasteiger partial charge in [0.1, 0.15) is 0 Å². The minimum absolute atomic E-state index is 0.246. The second-order valence-electron chi connectivity index (χ2n) is 5.02. The van der Waals surface area contributed by atoms with Crippen LogP contribution in [-0.2, 0) is 4.74 Å². The SMILES string of the molecule is CCN(CC1CC1)C1(CN)CCOCC1. The summed E-state index contributed by atoms with van der Waals surface area (Å²) in [7, 11) is 0. The zero-order valence-electron chi connectivity index (χ0n) is 9.87. The predicted octanol–water partition coefficient (Wildman–Crippen LogP) is 1.23. The van der Waals surface area contributed by atoms with Gasteiger partial charge >= 0.3 is 0 Å². The van der Waals surface area contributed by atoms with Gasteiger partial charge in [-0.1, -0.05) is 6.92 Å². The van der Waals surface area contributed by atoms with Crippen LogP contribution >= 0.6 is 0 Å². The first-order valence-electron chi connectivity index (χ1n) is 6.33. The van der Waals surface area contributed by atoms with Gasteiger partial charge in [-0.25, -0.2) is 0 Å². The molecule has 0 radical (unpaired) electrons. The molecule has 0 aromatic carbocycles. The molecule has 1 saturated carbocycles. The van der Waals surface area contributed by atoms with Crippen molar-refractivity contribution in [3.05, 3.63) is 0 Å². The van der Waals surface area contributed by atoms with Gasteiger partial charge in [-0.3, -0.25) is 4.90 Å². The molecule has 0 bridgehead atoms. The summed E-state index contributed by atoms with van der Waals surface area (Å²) in [4.78, 5) is 2.62. The Kier molecular flexibility index (Phi) is 3.65. The van der Waals surface area contributed by atoms with Crippen molar-refractivity contribution in [1.29, 1.82) is 0 Å². The third-order valence-corrected chi connectivity index (χ3v) is 4.03. The van der Waals surface area contributed by atoms with Crippen LogP contribution in [0, 0.1) is 5.92 Å². The lowest BCUT2D eigenvalue weighted by atomic mass is 9.87. The quantitative estimate of drug-likeness (QED) is 0.745. The van der Waals surface area contributed by atoms with Crippen LogP contribution in [0.25, 0.3) is 0 Å². The normalized spacial score (nSPS) is 25.8. The van der Waals surface area contributed by atoms with Gasteiger partial charge in [0.05, 0.1) is 0 Å². The summed E-state index contributed by atoms with van der Waals surface area (Å²) < 4.78 is 5.46. The topological polar surface area (TPSA) is 38.5 Å². The molecule has 1 heterocycles. The lowest BCUT2D eigenvalue weighted by Crippen LogP contribution is -2.57. The van der Waals surface area contributed by atoms with Gasteiger partial charge in [-0.2, -0.15) is 0 Å². The fourth-order valence-electron chi connectivity index (χ4n) is 2.67. The number of nitrogens with zero attached hydrogens (tertiary/aromatic N) is 1. The van der Waals surface area contributed by atoms with Crippen LogP contribution in [0.5, 0.6) is 0 Å². The van der Waals surface area contributed by atoms with Gasteiger partial charge in [0, 0.05) is 31.8 Å².